The number of amides is 2. The number of hydrogen-bond donors (Lipinski definition) is 2. The number of halogens is 3. The Morgan fingerprint density at radius 1 is 1.03 bits per heavy atom. The van der Waals surface area contributed by atoms with Crippen LogP contribution in [0.2, 0.25) is 10.0 Å². The summed E-state index contributed by atoms with van der Waals surface area (Å²) in [6, 6.07) is 10.9. The van der Waals surface area contributed by atoms with E-state index < -0.39 is 5.82 Å². The number of aromatic nitrogens is 1. The van der Waals surface area contributed by atoms with E-state index in [1.165, 1.54) is 17.4 Å². The molecule has 0 atom stereocenters. The average Bonchev–Trinajstić information content (AvgIpc) is 3.29. The summed E-state index contributed by atoms with van der Waals surface area (Å²) in [7, 11) is 0. The molecular weight excluding hydrogens is 500 g/mol. The van der Waals surface area contributed by atoms with Crippen molar-refractivity contribution in [3.8, 4) is 5.75 Å². The van der Waals surface area contributed by atoms with Crippen LogP contribution in [0.1, 0.15) is 51.5 Å². The van der Waals surface area contributed by atoms with Crippen LogP contribution in [-0.4, -0.2) is 28.9 Å². The maximum atomic E-state index is 13.7. The minimum absolute atomic E-state index is 0.000383. The number of thiazole rings is 1. The van der Waals surface area contributed by atoms with Crippen LogP contribution in [0.25, 0.3) is 0 Å². The van der Waals surface area contributed by atoms with Gasteiger partial charge in [0.25, 0.3) is 11.8 Å². The summed E-state index contributed by atoms with van der Waals surface area (Å²) in [4.78, 5) is 29.4. The van der Waals surface area contributed by atoms with Crippen LogP contribution >= 0.6 is 34.5 Å². The first-order chi connectivity index (χ1) is 16.4. The monoisotopic (exact) mass is 521 g/mol. The van der Waals surface area contributed by atoms with E-state index in [2.05, 4.69) is 15.6 Å². The first-order valence-corrected chi connectivity index (χ1v) is 12.4. The molecule has 10 heteroatoms. The van der Waals surface area contributed by atoms with Crippen LogP contribution < -0.4 is 15.4 Å². The quantitative estimate of drug-likeness (QED) is 0.421. The van der Waals surface area contributed by atoms with Gasteiger partial charge in [0.2, 0.25) is 0 Å². The number of ether oxygens (including phenoxy) is 1. The molecule has 1 heterocycles. The van der Waals surface area contributed by atoms with Gasteiger partial charge in [-0.05, 0) is 56.0 Å². The van der Waals surface area contributed by atoms with Gasteiger partial charge in [-0.25, -0.2) is 9.37 Å². The molecule has 3 aromatic rings. The van der Waals surface area contributed by atoms with Gasteiger partial charge in [0.1, 0.15) is 17.3 Å². The Bertz CT molecular complexity index is 1180. The van der Waals surface area contributed by atoms with Crippen molar-refractivity contribution in [2.45, 2.75) is 44.4 Å². The highest BCUT2D eigenvalue weighted by atomic mass is 35.5. The van der Waals surface area contributed by atoms with E-state index in [1.54, 1.807) is 41.8 Å². The van der Waals surface area contributed by atoms with Crippen molar-refractivity contribution in [1.82, 2.24) is 15.6 Å². The predicted octanol–water partition coefficient (Wildman–Crippen LogP) is 5.64. The lowest BCUT2D eigenvalue weighted by Crippen LogP contribution is -2.44. The minimum Gasteiger partial charge on any atom is -0.483 e. The number of carbonyl (C=O) groups is 2. The Balaban J connectivity index is 1.23. The number of nitrogens with one attached hydrogen (secondary N) is 2. The fourth-order valence-corrected chi connectivity index (χ4v) is 4.94. The van der Waals surface area contributed by atoms with Gasteiger partial charge in [0.15, 0.2) is 11.6 Å². The third-order valence-electron chi connectivity index (χ3n) is 5.55. The number of benzene rings is 2. The molecule has 1 aliphatic carbocycles. The van der Waals surface area contributed by atoms with Crippen LogP contribution in [0, 0.1) is 5.82 Å². The molecule has 0 radical (unpaired) electrons. The second kappa shape index (κ2) is 11.2. The summed E-state index contributed by atoms with van der Waals surface area (Å²) in [5.74, 6) is -0.790. The van der Waals surface area contributed by atoms with Crippen molar-refractivity contribution in [3.63, 3.8) is 0 Å². The van der Waals surface area contributed by atoms with Crippen LogP contribution in [0.3, 0.4) is 0 Å². The Kier molecular flexibility index (Phi) is 8.03. The molecule has 2 N–H and O–H groups in total. The molecule has 0 aliphatic heterocycles. The van der Waals surface area contributed by atoms with E-state index in [0.717, 1.165) is 25.7 Å². The summed E-state index contributed by atoms with van der Waals surface area (Å²) >= 11 is 13.3. The largest absolute Gasteiger partial charge is 0.483 e. The Morgan fingerprint density at radius 2 is 1.71 bits per heavy atom. The second-order valence-electron chi connectivity index (χ2n) is 7.97. The van der Waals surface area contributed by atoms with Gasteiger partial charge in [-0.2, -0.15) is 0 Å². The Hall–Kier alpha value is -2.68. The predicted molar refractivity (Wildman–Crippen MR) is 130 cm³/mol. The van der Waals surface area contributed by atoms with Gasteiger partial charge in [-0.15, -0.1) is 11.3 Å². The Morgan fingerprint density at radius 3 is 2.38 bits per heavy atom. The van der Waals surface area contributed by atoms with E-state index in [4.69, 9.17) is 27.9 Å². The standard InChI is InChI=1S/C24H22Cl2FN3O3S/c25-14-5-10-17(18(26)11-14)23(31)28-15-6-8-16(9-7-15)29-24(32)20-13-34-22(30-20)12-33-21-4-2-1-3-19(21)27/h1-5,10-11,13,15-16H,6-9,12H2,(H,28,31)(H,29,32). The van der Waals surface area contributed by atoms with Gasteiger partial charge in [0, 0.05) is 22.5 Å². The highest BCUT2D eigenvalue weighted by Crippen LogP contribution is 2.24. The Labute approximate surface area is 210 Å². The molecule has 1 aromatic heterocycles. The lowest BCUT2D eigenvalue weighted by molar-refractivity contribution is 0.0889. The molecule has 34 heavy (non-hydrogen) atoms. The summed E-state index contributed by atoms with van der Waals surface area (Å²) in [5, 5.41) is 9.05. The van der Waals surface area contributed by atoms with E-state index in [0.29, 0.717) is 26.3 Å². The zero-order valence-electron chi connectivity index (χ0n) is 18.0. The average molecular weight is 522 g/mol. The third kappa shape index (κ3) is 6.25. The van der Waals surface area contributed by atoms with E-state index in [1.807, 2.05) is 0 Å². The molecule has 4 rings (SSSR count). The van der Waals surface area contributed by atoms with Crippen LogP contribution in [-0.2, 0) is 6.61 Å². The first kappa shape index (κ1) is 24.4. The van der Waals surface area contributed by atoms with Crippen LogP contribution in [0.15, 0.2) is 47.8 Å². The van der Waals surface area contributed by atoms with Crippen molar-refractivity contribution in [3.05, 3.63) is 80.0 Å². The minimum atomic E-state index is -0.444. The third-order valence-corrected chi connectivity index (χ3v) is 6.92. The molecular formula is C24H22Cl2FN3O3S. The van der Waals surface area contributed by atoms with Crippen LogP contribution in [0.4, 0.5) is 4.39 Å². The molecule has 0 spiro atoms. The van der Waals surface area contributed by atoms with Gasteiger partial charge < -0.3 is 15.4 Å². The smallest absolute Gasteiger partial charge is 0.270 e. The summed E-state index contributed by atoms with van der Waals surface area (Å²) in [5.41, 5.74) is 0.699. The van der Waals surface area contributed by atoms with Gasteiger partial charge in [-0.3, -0.25) is 9.59 Å². The van der Waals surface area contributed by atoms with Crippen molar-refractivity contribution in [2.24, 2.45) is 0 Å². The molecule has 1 fully saturated rings. The van der Waals surface area contributed by atoms with Crippen molar-refractivity contribution >= 4 is 46.4 Å². The van der Waals surface area contributed by atoms with Gasteiger partial charge in [0.05, 0.1) is 10.6 Å². The fourth-order valence-electron chi connectivity index (χ4n) is 3.76. The number of hydrogen-bond acceptors (Lipinski definition) is 5. The number of carbonyl (C=O) groups excluding carboxylic acids is 2. The van der Waals surface area contributed by atoms with E-state index in [-0.39, 0.29) is 36.3 Å². The normalized spacial score (nSPS) is 17.7. The van der Waals surface area contributed by atoms with Crippen LogP contribution in [0.5, 0.6) is 5.75 Å². The number of rotatable bonds is 7. The SMILES string of the molecule is O=C(NC1CCC(NC(=O)c2ccc(Cl)cc2Cl)CC1)c1csc(COc2ccccc2F)n1. The summed E-state index contributed by atoms with van der Waals surface area (Å²) < 4.78 is 19.1. The lowest BCUT2D eigenvalue weighted by atomic mass is 9.91. The second-order valence-corrected chi connectivity index (χ2v) is 9.75. The highest BCUT2D eigenvalue weighted by Gasteiger charge is 2.25. The van der Waals surface area contributed by atoms with Gasteiger partial charge >= 0.3 is 0 Å². The zero-order valence-corrected chi connectivity index (χ0v) is 20.4. The number of para-hydroxylation sites is 1. The number of nitrogens with zero attached hydrogens (tertiary/aromatic N) is 1. The molecule has 178 valence electrons. The maximum absolute atomic E-state index is 13.7. The molecule has 2 amide bonds. The van der Waals surface area contributed by atoms with E-state index >= 15 is 0 Å². The summed E-state index contributed by atoms with van der Waals surface area (Å²) in [6.07, 6.45) is 2.94. The lowest BCUT2D eigenvalue weighted by Gasteiger charge is -2.29. The fraction of sp³-hybridized carbons (Fsp3) is 0.292. The van der Waals surface area contributed by atoms with Crippen molar-refractivity contribution < 1.29 is 18.7 Å². The van der Waals surface area contributed by atoms with Crippen molar-refractivity contribution in [2.75, 3.05) is 0 Å². The molecule has 0 bridgehead atoms. The maximum Gasteiger partial charge on any atom is 0.270 e. The zero-order chi connectivity index (χ0) is 24.1. The molecule has 6 nitrogen and oxygen atoms in total. The molecule has 1 saturated carbocycles. The first-order valence-electron chi connectivity index (χ1n) is 10.8. The van der Waals surface area contributed by atoms with Crippen molar-refractivity contribution in [1.29, 1.82) is 0 Å². The molecule has 0 saturated heterocycles. The molecule has 0 unspecified atom stereocenters. The topological polar surface area (TPSA) is 80.3 Å². The van der Waals surface area contributed by atoms with E-state index in [9.17, 15) is 14.0 Å². The highest BCUT2D eigenvalue weighted by molar-refractivity contribution is 7.09. The van der Waals surface area contributed by atoms with Gasteiger partial charge in [-0.1, -0.05) is 35.3 Å². The summed E-state index contributed by atoms with van der Waals surface area (Å²) in [6.45, 7) is 0.0846. The molecule has 1 aliphatic rings. The molecule has 2 aromatic carbocycles.